The first-order chi connectivity index (χ1) is 9.56. The quantitative estimate of drug-likeness (QED) is 0.897. The number of benzene rings is 1. The van der Waals surface area contributed by atoms with E-state index in [-0.39, 0.29) is 11.9 Å². The monoisotopic (exact) mass is 280 g/mol. The van der Waals surface area contributed by atoms with Gasteiger partial charge in [-0.15, -0.1) is 0 Å². The van der Waals surface area contributed by atoms with E-state index in [1.165, 1.54) is 0 Å². The van der Waals surface area contributed by atoms with Crippen LogP contribution in [-0.4, -0.2) is 32.3 Å². The summed E-state index contributed by atoms with van der Waals surface area (Å²) in [7, 11) is 0. The molecule has 1 aliphatic heterocycles. The van der Waals surface area contributed by atoms with Crippen molar-refractivity contribution in [3.8, 4) is 0 Å². The molecule has 112 valence electrons. The second-order valence-electron chi connectivity index (χ2n) is 5.93. The Kier molecular flexibility index (Phi) is 5.38. The van der Waals surface area contributed by atoms with Crippen molar-refractivity contribution in [3.05, 3.63) is 29.6 Å². The highest BCUT2D eigenvalue weighted by Crippen LogP contribution is 2.24. The molecule has 0 bridgehead atoms. The molecule has 0 amide bonds. The molecule has 0 saturated carbocycles. The summed E-state index contributed by atoms with van der Waals surface area (Å²) in [4.78, 5) is 2.29. The molecule has 1 atom stereocenters. The number of rotatable bonds is 5. The minimum atomic E-state index is -0.170. The Balaban J connectivity index is 2.10. The lowest BCUT2D eigenvalue weighted by Crippen LogP contribution is -2.41. The van der Waals surface area contributed by atoms with Crippen molar-refractivity contribution >= 4 is 5.69 Å². The van der Waals surface area contributed by atoms with Crippen LogP contribution in [0.25, 0.3) is 0 Å². The average Bonchev–Trinajstić information content (AvgIpc) is 2.38. The van der Waals surface area contributed by atoms with Gasteiger partial charge in [0.2, 0.25) is 0 Å². The van der Waals surface area contributed by atoms with Gasteiger partial charge < -0.3 is 15.0 Å². The first-order valence-electron chi connectivity index (χ1n) is 7.42. The molecule has 3 nitrogen and oxygen atoms in total. The fourth-order valence-electron chi connectivity index (χ4n) is 2.54. The third-order valence-electron chi connectivity index (χ3n) is 3.49. The highest BCUT2D eigenvalue weighted by Gasteiger charge is 2.19. The van der Waals surface area contributed by atoms with Gasteiger partial charge in [0.25, 0.3) is 0 Å². The molecule has 4 heteroatoms. The number of hydrogen-bond donors (Lipinski definition) is 1. The van der Waals surface area contributed by atoms with Crippen LogP contribution in [0.15, 0.2) is 18.2 Å². The molecule has 0 aromatic heterocycles. The Morgan fingerprint density at radius 2 is 2.25 bits per heavy atom. The minimum Gasteiger partial charge on any atom is -0.375 e. The summed E-state index contributed by atoms with van der Waals surface area (Å²) in [6.07, 6.45) is 0.227. The number of morpholine rings is 1. The predicted octanol–water partition coefficient (Wildman–Crippen LogP) is 2.80. The standard InChI is InChI=1S/C16H25FN2O/c1-12(2)9-18-10-14-8-15(17)4-5-16(14)19-6-7-20-13(3)11-19/h4-5,8,12-13,18H,6-7,9-11H2,1-3H3. The van der Waals surface area contributed by atoms with Crippen LogP contribution >= 0.6 is 0 Å². The van der Waals surface area contributed by atoms with Crippen molar-refractivity contribution in [1.82, 2.24) is 5.32 Å². The Hall–Kier alpha value is -1.13. The van der Waals surface area contributed by atoms with Crippen LogP contribution in [0.2, 0.25) is 0 Å². The Bertz CT molecular complexity index is 436. The van der Waals surface area contributed by atoms with Gasteiger partial charge in [-0.25, -0.2) is 4.39 Å². The second kappa shape index (κ2) is 7.04. The molecule has 1 saturated heterocycles. The van der Waals surface area contributed by atoms with Gasteiger partial charge >= 0.3 is 0 Å². The van der Waals surface area contributed by atoms with E-state index in [0.29, 0.717) is 12.5 Å². The molecular weight excluding hydrogens is 255 g/mol. The number of anilines is 1. The average molecular weight is 280 g/mol. The molecule has 1 aromatic carbocycles. The summed E-state index contributed by atoms with van der Waals surface area (Å²) in [5.74, 6) is 0.423. The zero-order chi connectivity index (χ0) is 14.5. The van der Waals surface area contributed by atoms with E-state index in [0.717, 1.165) is 37.5 Å². The Morgan fingerprint density at radius 3 is 2.95 bits per heavy atom. The van der Waals surface area contributed by atoms with Crippen LogP contribution in [0.3, 0.4) is 0 Å². The third kappa shape index (κ3) is 4.18. The number of nitrogens with zero attached hydrogens (tertiary/aromatic N) is 1. The van der Waals surface area contributed by atoms with E-state index in [9.17, 15) is 4.39 Å². The molecule has 1 N–H and O–H groups in total. The van der Waals surface area contributed by atoms with E-state index in [1.807, 2.05) is 6.07 Å². The van der Waals surface area contributed by atoms with E-state index in [4.69, 9.17) is 4.74 Å². The smallest absolute Gasteiger partial charge is 0.123 e. The van der Waals surface area contributed by atoms with Crippen molar-refractivity contribution < 1.29 is 9.13 Å². The van der Waals surface area contributed by atoms with Crippen molar-refractivity contribution in [2.75, 3.05) is 31.1 Å². The van der Waals surface area contributed by atoms with Gasteiger partial charge in [-0.1, -0.05) is 13.8 Å². The summed E-state index contributed by atoms with van der Waals surface area (Å²) in [6.45, 7) is 10.5. The number of hydrogen-bond acceptors (Lipinski definition) is 3. The maximum Gasteiger partial charge on any atom is 0.123 e. The number of nitrogens with one attached hydrogen (secondary N) is 1. The fraction of sp³-hybridized carbons (Fsp3) is 0.625. The predicted molar refractivity (Wildman–Crippen MR) is 80.6 cm³/mol. The summed E-state index contributed by atoms with van der Waals surface area (Å²) < 4.78 is 19.1. The van der Waals surface area contributed by atoms with Crippen LogP contribution in [0.1, 0.15) is 26.3 Å². The highest BCUT2D eigenvalue weighted by molar-refractivity contribution is 5.54. The summed E-state index contributed by atoms with van der Waals surface area (Å²) in [5.41, 5.74) is 2.15. The largest absolute Gasteiger partial charge is 0.375 e. The van der Waals surface area contributed by atoms with Gasteiger partial charge in [0, 0.05) is 25.3 Å². The van der Waals surface area contributed by atoms with Crippen LogP contribution < -0.4 is 10.2 Å². The molecule has 20 heavy (non-hydrogen) atoms. The van der Waals surface area contributed by atoms with Gasteiger partial charge in [-0.05, 0) is 43.1 Å². The number of ether oxygens (including phenoxy) is 1. The van der Waals surface area contributed by atoms with Crippen molar-refractivity contribution in [1.29, 1.82) is 0 Å². The summed E-state index contributed by atoms with van der Waals surface area (Å²) in [6, 6.07) is 5.07. The SMILES string of the molecule is CC(C)CNCc1cc(F)ccc1N1CCOC(C)C1. The van der Waals surface area contributed by atoms with Gasteiger partial charge in [0.15, 0.2) is 0 Å². The molecule has 1 unspecified atom stereocenters. The zero-order valence-corrected chi connectivity index (χ0v) is 12.7. The van der Waals surface area contributed by atoms with Gasteiger partial charge in [-0.3, -0.25) is 0 Å². The molecular formula is C16H25FN2O. The minimum absolute atomic E-state index is 0.170. The summed E-state index contributed by atoms with van der Waals surface area (Å²) in [5, 5.41) is 3.39. The maximum atomic E-state index is 13.5. The molecule has 2 rings (SSSR count). The number of halogens is 1. The maximum absolute atomic E-state index is 13.5. The Labute approximate surface area is 121 Å². The van der Waals surface area contributed by atoms with E-state index < -0.39 is 0 Å². The fourth-order valence-corrected chi connectivity index (χ4v) is 2.54. The van der Waals surface area contributed by atoms with E-state index >= 15 is 0 Å². The lowest BCUT2D eigenvalue weighted by atomic mass is 10.1. The molecule has 1 aliphatic rings. The van der Waals surface area contributed by atoms with Gasteiger partial charge in [0.05, 0.1) is 12.7 Å². The first kappa shape index (κ1) is 15.3. The van der Waals surface area contributed by atoms with Crippen LogP contribution in [0.5, 0.6) is 0 Å². The Morgan fingerprint density at radius 1 is 1.45 bits per heavy atom. The lowest BCUT2D eigenvalue weighted by Gasteiger charge is -2.34. The van der Waals surface area contributed by atoms with Gasteiger partial charge in [-0.2, -0.15) is 0 Å². The summed E-state index contributed by atoms with van der Waals surface area (Å²) >= 11 is 0. The topological polar surface area (TPSA) is 24.5 Å². The normalized spacial score (nSPS) is 19.6. The van der Waals surface area contributed by atoms with Crippen molar-refractivity contribution in [2.24, 2.45) is 5.92 Å². The molecule has 1 aromatic rings. The first-order valence-corrected chi connectivity index (χ1v) is 7.42. The van der Waals surface area contributed by atoms with Gasteiger partial charge in [0.1, 0.15) is 5.82 Å². The zero-order valence-electron chi connectivity index (χ0n) is 12.7. The highest BCUT2D eigenvalue weighted by atomic mass is 19.1. The molecule has 1 fully saturated rings. The van der Waals surface area contributed by atoms with Crippen LogP contribution in [-0.2, 0) is 11.3 Å². The van der Waals surface area contributed by atoms with Crippen molar-refractivity contribution in [2.45, 2.75) is 33.4 Å². The molecule has 1 heterocycles. The van der Waals surface area contributed by atoms with Crippen molar-refractivity contribution in [3.63, 3.8) is 0 Å². The van der Waals surface area contributed by atoms with Crippen LogP contribution in [0, 0.1) is 11.7 Å². The molecule has 0 aliphatic carbocycles. The molecule has 0 spiro atoms. The van der Waals surface area contributed by atoms with Crippen LogP contribution in [0.4, 0.5) is 10.1 Å². The van der Waals surface area contributed by atoms with E-state index in [1.54, 1.807) is 12.1 Å². The third-order valence-corrected chi connectivity index (χ3v) is 3.49. The van der Waals surface area contributed by atoms with E-state index in [2.05, 4.69) is 31.0 Å². The lowest BCUT2D eigenvalue weighted by molar-refractivity contribution is 0.0531. The molecule has 0 radical (unpaired) electrons. The second-order valence-corrected chi connectivity index (χ2v) is 5.93.